The molecule has 4 nitrogen and oxygen atoms in total. The molecule has 0 unspecified atom stereocenters. The van der Waals surface area contributed by atoms with Crippen LogP contribution in [0.2, 0.25) is 0 Å². The van der Waals surface area contributed by atoms with Crippen LogP contribution in [0.15, 0.2) is 218 Å². The number of benzene rings is 10. The second kappa shape index (κ2) is 14.7. The van der Waals surface area contributed by atoms with Gasteiger partial charge in [0.2, 0.25) is 0 Å². The standard InChI is InChI=1S/C58H36N4/c1-5-23-41-37(15-1)19-9-29-47(41)53-35-54(48-30-10-20-38-16-2-6-24-42(38)48)60-57(59-53)51-33-13-28-46-45(51)27-14-34-52(46)58-61-55(49-31-11-21-39-17-3-7-25-43(39)49)36-56(62-58)50-32-12-22-40-18-4-8-26-44(40)50/h1-36H. The van der Waals surface area contributed by atoms with E-state index in [9.17, 15) is 0 Å². The van der Waals surface area contributed by atoms with Crippen LogP contribution in [0.4, 0.5) is 0 Å². The van der Waals surface area contributed by atoms with Gasteiger partial charge in [-0.25, -0.2) is 19.9 Å². The second-order valence-corrected chi connectivity index (χ2v) is 15.7. The van der Waals surface area contributed by atoms with Crippen molar-refractivity contribution in [3.63, 3.8) is 0 Å². The molecular weight excluding hydrogens is 753 g/mol. The van der Waals surface area contributed by atoms with Gasteiger partial charge in [-0.3, -0.25) is 0 Å². The third kappa shape index (κ3) is 6.08. The zero-order valence-electron chi connectivity index (χ0n) is 33.6. The molecule has 0 spiro atoms. The summed E-state index contributed by atoms with van der Waals surface area (Å²) in [6, 6.07) is 76.8. The molecule has 0 radical (unpaired) electrons. The summed E-state index contributed by atoms with van der Waals surface area (Å²) in [5, 5.41) is 11.3. The number of aromatic nitrogens is 4. The summed E-state index contributed by atoms with van der Waals surface area (Å²) in [4.78, 5) is 21.6. The summed E-state index contributed by atoms with van der Waals surface area (Å²) in [6.45, 7) is 0. The van der Waals surface area contributed by atoms with E-state index in [1.807, 2.05) is 0 Å². The van der Waals surface area contributed by atoms with E-state index in [0.717, 1.165) is 88.5 Å². The summed E-state index contributed by atoms with van der Waals surface area (Å²) in [5.74, 6) is 1.31. The fraction of sp³-hybridized carbons (Fsp3) is 0. The molecule has 0 aliphatic heterocycles. The average Bonchev–Trinajstić information content (AvgIpc) is 3.35. The van der Waals surface area contributed by atoms with Crippen molar-refractivity contribution in [1.29, 1.82) is 0 Å². The molecular formula is C58H36N4. The van der Waals surface area contributed by atoms with Crippen LogP contribution in [0.5, 0.6) is 0 Å². The smallest absolute Gasteiger partial charge is 0.161 e. The zero-order chi connectivity index (χ0) is 41.0. The molecule has 0 saturated heterocycles. The van der Waals surface area contributed by atoms with E-state index in [1.165, 1.54) is 21.5 Å². The summed E-state index contributed by atoms with van der Waals surface area (Å²) in [5.41, 5.74) is 9.61. The highest BCUT2D eigenvalue weighted by atomic mass is 14.9. The number of hydrogen-bond donors (Lipinski definition) is 0. The predicted molar refractivity (Wildman–Crippen MR) is 258 cm³/mol. The molecule has 10 aromatic carbocycles. The van der Waals surface area contributed by atoms with Crippen molar-refractivity contribution in [2.75, 3.05) is 0 Å². The fourth-order valence-electron chi connectivity index (χ4n) is 9.18. The molecule has 288 valence electrons. The molecule has 0 fully saturated rings. The summed E-state index contributed by atoms with van der Waals surface area (Å²) < 4.78 is 0. The van der Waals surface area contributed by atoms with E-state index in [0.29, 0.717) is 11.6 Å². The number of fused-ring (bicyclic) bond motifs is 5. The minimum atomic E-state index is 0.656. The highest BCUT2D eigenvalue weighted by Crippen LogP contribution is 2.40. The monoisotopic (exact) mass is 788 g/mol. The Kier molecular flexibility index (Phi) is 8.46. The van der Waals surface area contributed by atoms with Gasteiger partial charge >= 0.3 is 0 Å². The average molecular weight is 789 g/mol. The van der Waals surface area contributed by atoms with Crippen LogP contribution in [-0.4, -0.2) is 19.9 Å². The van der Waals surface area contributed by atoms with Crippen LogP contribution in [0.25, 0.3) is 122 Å². The first-order chi connectivity index (χ1) is 30.7. The third-order valence-corrected chi connectivity index (χ3v) is 12.1. The fourth-order valence-corrected chi connectivity index (χ4v) is 9.18. The Balaban J connectivity index is 1.09. The molecule has 12 aromatic rings. The van der Waals surface area contributed by atoms with Crippen LogP contribution in [0.3, 0.4) is 0 Å². The number of nitrogens with zero attached hydrogens (tertiary/aromatic N) is 4. The first kappa shape index (κ1) is 35.6. The van der Waals surface area contributed by atoms with Gasteiger partial charge in [0.05, 0.1) is 22.8 Å². The van der Waals surface area contributed by atoms with E-state index in [-0.39, 0.29) is 0 Å². The molecule has 0 saturated carbocycles. The van der Waals surface area contributed by atoms with Crippen molar-refractivity contribution in [2.45, 2.75) is 0 Å². The van der Waals surface area contributed by atoms with Crippen molar-refractivity contribution < 1.29 is 0 Å². The highest BCUT2D eigenvalue weighted by molar-refractivity contribution is 6.05. The molecule has 0 aliphatic rings. The topological polar surface area (TPSA) is 51.6 Å². The maximum absolute atomic E-state index is 5.41. The molecule has 0 amide bonds. The van der Waals surface area contributed by atoms with Gasteiger partial charge in [0.25, 0.3) is 0 Å². The van der Waals surface area contributed by atoms with Gasteiger partial charge in [0.15, 0.2) is 11.6 Å². The van der Waals surface area contributed by atoms with Gasteiger partial charge in [0.1, 0.15) is 0 Å². The predicted octanol–water partition coefficient (Wildman–Crippen LogP) is 15.0. The lowest BCUT2D eigenvalue weighted by Crippen LogP contribution is -1.99. The molecule has 0 atom stereocenters. The molecule has 0 N–H and O–H groups in total. The van der Waals surface area contributed by atoms with Gasteiger partial charge in [-0.2, -0.15) is 0 Å². The van der Waals surface area contributed by atoms with E-state index < -0.39 is 0 Å². The van der Waals surface area contributed by atoms with Crippen molar-refractivity contribution in [3.05, 3.63) is 218 Å². The van der Waals surface area contributed by atoms with Crippen LogP contribution < -0.4 is 0 Å². The highest BCUT2D eigenvalue weighted by Gasteiger charge is 2.19. The first-order valence-corrected chi connectivity index (χ1v) is 21.0. The minimum absolute atomic E-state index is 0.656. The largest absolute Gasteiger partial charge is 0.228 e. The maximum Gasteiger partial charge on any atom is 0.161 e. The Labute approximate surface area is 358 Å². The molecule has 62 heavy (non-hydrogen) atoms. The van der Waals surface area contributed by atoms with Crippen molar-refractivity contribution in [1.82, 2.24) is 19.9 Å². The molecule has 2 aromatic heterocycles. The van der Waals surface area contributed by atoms with E-state index in [2.05, 4.69) is 218 Å². The lowest BCUT2D eigenvalue weighted by molar-refractivity contribution is 1.19. The lowest BCUT2D eigenvalue weighted by Gasteiger charge is -2.15. The van der Waals surface area contributed by atoms with Crippen LogP contribution >= 0.6 is 0 Å². The Bertz CT molecular complexity index is 3260. The van der Waals surface area contributed by atoms with E-state index in [1.54, 1.807) is 0 Å². The minimum Gasteiger partial charge on any atom is -0.228 e. The Morgan fingerprint density at radius 1 is 0.194 bits per heavy atom. The molecule has 0 aliphatic carbocycles. The number of hydrogen-bond acceptors (Lipinski definition) is 4. The number of rotatable bonds is 6. The molecule has 4 heteroatoms. The quantitative estimate of drug-likeness (QED) is 0.168. The first-order valence-electron chi connectivity index (χ1n) is 21.0. The van der Waals surface area contributed by atoms with Crippen LogP contribution in [0, 0.1) is 0 Å². The molecule has 12 rings (SSSR count). The Morgan fingerprint density at radius 2 is 0.419 bits per heavy atom. The zero-order valence-corrected chi connectivity index (χ0v) is 33.6. The SMILES string of the molecule is c1ccc2c(-c3cc(-c4cccc5ccccc45)nc(-c4cccc5c(-c6nc(-c7cccc8ccccc78)cc(-c7cccc8ccccc78)n6)cccc45)n3)cccc2c1. The summed E-state index contributed by atoms with van der Waals surface area (Å²) in [7, 11) is 0. The molecule has 2 heterocycles. The van der Waals surface area contributed by atoms with Gasteiger partial charge < -0.3 is 0 Å². The molecule has 0 bridgehead atoms. The Morgan fingerprint density at radius 3 is 0.726 bits per heavy atom. The van der Waals surface area contributed by atoms with Crippen molar-refractivity contribution in [2.24, 2.45) is 0 Å². The maximum atomic E-state index is 5.41. The van der Waals surface area contributed by atoms with Crippen LogP contribution in [0.1, 0.15) is 0 Å². The van der Waals surface area contributed by atoms with E-state index in [4.69, 9.17) is 19.9 Å². The van der Waals surface area contributed by atoms with Gasteiger partial charge in [0, 0.05) is 33.4 Å². The van der Waals surface area contributed by atoms with E-state index >= 15 is 0 Å². The lowest BCUT2D eigenvalue weighted by atomic mass is 9.96. The second-order valence-electron chi connectivity index (χ2n) is 15.7. The Hall–Kier alpha value is -8.34. The van der Waals surface area contributed by atoms with Gasteiger partial charge in [-0.05, 0) is 66.0 Å². The third-order valence-electron chi connectivity index (χ3n) is 12.1. The summed E-state index contributed by atoms with van der Waals surface area (Å²) >= 11 is 0. The summed E-state index contributed by atoms with van der Waals surface area (Å²) in [6.07, 6.45) is 0. The van der Waals surface area contributed by atoms with Crippen molar-refractivity contribution in [3.8, 4) is 67.8 Å². The van der Waals surface area contributed by atoms with Crippen molar-refractivity contribution >= 4 is 53.9 Å². The van der Waals surface area contributed by atoms with Crippen LogP contribution in [-0.2, 0) is 0 Å². The van der Waals surface area contributed by atoms with Gasteiger partial charge in [-0.15, -0.1) is 0 Å². The van der Waals surface area contributed by atoms with Gasteiger partial charge in [-0.1, -0.05) is 206 Å². The normalized spacial score (nSPS) is 11.5.